The maximum atomic E-state index is 13.4. The van der Waals surface area contributed by atoms with Gasteiger partial charge < -0.3 is 14.4 Å². The fraction of sp³-hybridized carbons (Fsp3) is 0.286. The SMILES string of the molecule is COC(CN(C(=O)c1ccc(Cl)c([N+](=O)[O-])c1)C1CC(=O)N(c2ccc(Cl)cc2)C1=O)OC. The number of amides is 3. The molecule has 3 rings (SSSR count). The second kappa shape index (κ2) is 10.3. The fourth-order valence-electron chi connectivity index (χ4n) is 3.43. The molecule has 0 bridgehead atoms. The molecule has 1 saturated heterocycles. The number of anilines is 1. The normalized spacial score (nSPS) is 15.9. The lowest BCUT2D eigenvalue weighted by Crippen LogP contribution is -2.49. The number of halogens is 2. The number of imide groups is 1. The van der Waals surface area contributed by atoms with Gasteiger partial charge in [0.05, 0.1) is 23.6 Å². The number of rotatable bonds is 8. The lowest BCUT2D eigenvalue weighted by molar-refractivity contribution is -0.384. The van der Waals surface area contributed by atoms with Crippen molar-refractivity contribution in [1.29, 1.82) is 0 Å². The summed E-state index contributed by atoms with van der Waals surface area (Å²) in [7, 11) is 2.71. The third-order valence-electron chi connectivity index (χ3n) is 5.11. The maximum absolute atomic E-state index is 13.4. The van der Waals surface area contributed by atoms with Crippen molar-refractivity contribution in [3.63, 3.8) is 0 Å². The van der Waals surface area contributed by atoms with Crippen LogP contribution in [0.3, 0.4) is 0 Å². The molecule has 2 aromatic rings. The van der Waals surface area contributed by atoms with Crippen LogP contribution in [-0.4, -0.2) is 60.6 Å². The van der Waals surface area contributed by atoms with Crippen LogP contribution in [0.4, 0.5) is 11.4 Å². The van der Waals surface area contributed by atoms with Gasteiger partial charge in [0.1, 0.15) is 11.1 Å². The van der Waals surface area contributed by atoms with E-state index in [2.05, 4.69) is 0 Å². The lowest BCUT2D eigenvalue weighted by atomic mass is 10.1. The van der Waals surface area contributed by atoms with E-state index >= 15 is 0 Å². The van der Waals surface area contributed by atoms with Gasteiger partial charge in [-0.25, -0.2) is 4.90 Å². The molecule has 2 aromatic carbocycles. The van der Waals surface area contributed by atoms with Crippen LogP contribution in [-0.2, 0) is 19.1 Å². The number of hydrogen-bond acceptors (Lipinski definition) is 7. The molecule has 1 fully saturated rings. The van der Waals surface area contributed by atoms with Crippen LogP contribution in [0, 0.1) is 10.1 Å². The molecule has 1 heterocycles. The number of methoxy groups -OCH3 is 2. The van der Waals surface area contributed by atoms with Gasteiger partial charge in [-0.2, -0.15) is 0 Å². The van der Waals surface area contributed by atoms with Crippen LogP contribution < -0.4 is 4.90 Å². The number of nitro groups is 1. The Morgan fingerprint density at radius 1 is 1.18 bits per heavy atom. The van der Waals surface area contributed by atoms with E-state index in [1.54, 1.807) is 0 Å². The summed E-state index contributed by atoms with van der Waals surface area (Å²) in [5.41, 5.74) is -0.238. The molecule has 0 N–H and O–H groups in total. The summed E-state index contributed by atoms with van der Waals surface area (Å²) < 4.78 is 10.3. The quantitative estimate of drug-likeness (QED) is 0.238. The first-order valence-electron chi connectivity index (χ1n) is 9.60. The van der Waals surface area contributed by atoms with Gasteiger partial charge in [-0.3, -0.25) is 24.5 Å². The summed E-state index contributed by atoms with van der Waals surface area (Å²) in [6.45, 7) is -0.208. The summed E-state index contributed by atoms with van der Waals surface area (Å²) in [6, 6.07) is 8.46. The second-order valence-electron chi connectivity index (χ2n) is 7.05. The molecule has 12 heteroatoms. The number of ether oxygens (including phenoxy) is 2. The lowest BCUT2D eigenvalue weighted by Gasteiger charge is -2.30. The van der Waals surface area contributed by atoms with Crippen molar-refractivity contribution in [2.24, 2.45) is 0 Å². The number of nitrogens with zero attached hydrogens (tertiary/aromatic N) is 3. The Kier molecular flexibility index (Phi) is 7.65. The zero-order valence-corrected chi connectivity index (χ0v) is 19.1. The monoisotopic (exact) mass is 495 g/mol. The van der Waals surface area contributed by atoms with Gasteiger partial charge in [0, 0.05) is 30.9 Å². The van der Waals surface area contributed by atoms with Gasteiger partial charge in [-0.05, 0) is 36.4 Å². The molecule has 1 unspecified atom stereocenters. The highest BCUT2D eigenvalue weighted by Crippen LogP contribution is 2.30. The van der Waals surface area contributed by atoms with Crippen LogP contribution in [0.5, 0.6) is 0 Å². The van der Waals surface area contributed by atoms with Crippen LogP contribution in [0.25, 0.3) is 0 Å². The van der Waals surface area contributed by atoms with Crippen LogP contribution >= 0.6 is 23.2 Å². The number of benzene rings is 2. The molecule has 0 aliphatic carbocycles. The van der Waals surface area contributed by atoms with Crippen LogP contribution in [0.1, 0.15) is 16.8 Å². The molecule has 174 valence electrons. The zero-order chi connectivity index (χ0) is 24.3. The Labute approximate surface area is 198 Å². The predicted molar refractivity (Wildman–Crippen MR) is 119 cm³/mol. The molecule has 3 amide bonds. The Bertz CT molecular complexity index is 1090. The van der Waals surface area contributed by atoms with E-state index in [9.17, 15) is 24.5 Å². The largest absolute Gasteiger partial charge is 0.354 e. The number of hydrogen-bond donors (Lipinski definition) is 0. The maximum Gasteiger partial charge on any atom is 0.288 e. The van der Waals surface area contributed by atoms with E-state index in [1.807, 2.05) is 0 Å². The minimum Gasteiger partial charge on any atom is -0.354 e. The molecule has 0 saturated carbocycles. The van der Waals surface area contributed by atoms with Crippen molar-refractivity contribution in [2.75, 3.05) is 25.7 Å². The van der Waals surface area contributed by atoms with E-state index in [1.165, 1.54) is 50.6 Å². The van der Waals surface area contributed by atoms with E-state index in [0.717, 1.165) is 15.9 Å². The van der Waals surface area contributed by atoms with Crippen molar-refractivity contribution < 1.29 is 28.8 Å². The van der Waals surface area contributed by atoms with Crippen LogP contribution in [0.2, 0.25) is 10.0 Å². The Morgan fingerprint density at radius 2 is 1.82 bits per heavy atom. The van der Waals surface area contributed by atoms with E-state index in [-0.39, 0.29) is 23.6 Å². The first kappa shape index (κ1) is 24.6. The fourth-order valence-corrected chi connectivity index (χ4v) is 3.74. The summed E-state index contributed by atoms with van der Waals surface area (Å²) in [5, 5.41) is 11.5. The minimum absolute atomic E-state index is 0.0813. The van der Waals surface area contributed by atoms with Crippen molar-refractivity contribution >= 4 is 52.3 Å². The van der Waals surface area contributed by atoms with E-state index in [0.29, 0.717) is 10.7 Å². The third kappa shape index (κ3) is 5.14. The first-order valence-corrected chi connectivity index (χ1v) is 10.4. The highest BCUT2D eigenvalue weighted by atomic mass is 35.5. The van der Waals surface area contributed by atoms with E-state index < -0.39 is 40.7 Å². The highest BCUT2D eigenvalue weighted by Gasteiger charge is 2.45. The predicted octanol–water partition coefficient (Wildman–Crippen LogP) is 3.29. The van der Waals surface area contributed by atoms with Gasteiger partial charge in [-0.15, -0.1) is 0 Å². The molecule has 1 aliphatic rings. The molecule has 1 atom stereocenters. The highest BCUT2D eigenvalue weighted by molar-refractivity contribution is 6.33. The van der Waals surface area contributed by atoms with Crippen molar-refractivity contribution in [1.82, 2.24) is 4.90 Å². The Morgan fingerprint density at radius 3 is 2.39 bits per heavy atom. The Hall–Kier alpha value is -3.05. The van der Waals surface area contributed by atoms with Gasteiger partial charge in [0.2, 0.25) is 5.91 Å². The van der Waals surface area contributed by atoms with Crippen molar-refractivity contribution in [3.05, 3.63) is 68.2 Å². The van der Waals surface area contributed by atoms with E-state index in [4.69, 9.17) is 32.7 Å². The smallest absolute Gasteiger partial charge is 0.288 e. The van der Waals surface area contributed by atoms with Crippen LogP contribution in [0.15, 0.2) is 42.5 Å². The molecule has 10 nitrogen and oxygen atoms in total. The van der Waals surface area contributed by atoms with Gasteiger partial charge in [0.15, 0.2) is 6.29 Å². The standard InChI is InChI=1S/C21H19Cl2N3O7/c1-32-19(33-2)11-24(20(28)12-3-8-15(23)16(9-12)26(30)31)17-10-18(27)25(21(17)29)14-6-4-13(22)5-7-14/h3-9,17,19H,10-11H2,1-2H3. The molecular weight excluding hydrogens is 477 g/mol. The summed E-state index contributed by atoms with van der Waals surface area (Å²) in [4.78, 5) is 51.9. The summed E-state index contributed by atoms with van der Waals surface area (Å²) in [6.07, 6.45) is -1.20. The molecule has 0 aromatic heterocycles. The topological polar surface area (TPSA) is 119 Å². The van der Waals surface area contributed by atoms with Crippen molar-refractivity contribution in [2.45, 2.75) is 18.8 Å². The van der Waals surface area contributed by atoms with Gasteiger partial charge >= 0.3 is 0 Å². The average molecular weight is 496 g/mol. The molecule has 0 radical (unpaired) electrons. The first-order chi connectivity index (χ1) is 15.7. The average Bonchev–Trinajstić information content (AvgIpc) is 3.08. The molecule has 1 aliphatic heterocycles. The molecular formula is C21H19Cl2N3O7. The number of carbonyl (C=O) groups is 3. The Balaban J connectivity index is 1.99. The number of carbonyl (C=O) groups excluding carboxylic acids is 3. The second-order valence-corrected chi connectivity index (χ2v) is 7.89. The number of nitro benzene ring substituents is 1. The summed E-state index contributed by atoms with van der Waals surface area (Å²) >= 11 is 11.7. The molecule has 33 heavy (non-hydrogen) atoms. The minimum atomic E-state index is -1.18. The summed E-state index contributed by atoms with van der Waals surface area (Å²) in [5.74, 6) is -1.87. The van der Waals surface area contributed by atoms with Gasteiger partial charge in [0.25, 0.3) is 17.5 Å². The zero-order valence-electron chi connectivity index (χ0n) is 17.6. The van der Waals surface area contributed by atoms with Gasteiger partial charge in [-0.1, -0.05) is 23.2 Å². The third-order valence-corrected chi connectivity index (χ3v) is 5.68. The van der Waals surface area contributed by atoms with Crippen molar-refractivity contribution in [3.8, 4) is 0 Å². The molecule has 0 spiro atoms.